The SMILES string of the molecule is Cn1nc(C(=O)O)cc1-c1cccc(CC2(O)CC2)c1. The van der Waals surface area contributed by atoms with Gasteiger partial charge in [0.05, 0.1) is 11.3 Å². The van der Waals surface area contributed by atoms with Crippen molar-refractivity contribution in [2.45, 2.75) is 24.9 Å². The maximum absolute atomic E-state index is 11.0. The molecule has 104 valence electrons. The van der Waals surface area contributed by atoms with Gasteiger partial charge in [-0.1, -0.05) is 18.2 Å². The first-order valence-corrected chi connectivity index (χ1v) is 6.56. The van der Waals surface area contributed by atoms with Gasteiger partial charge in [-0.2, -0.15) is 5.10 Å². The Morgan fingerprint density at radius 2 is 2.15 bits per heavy atom. The van der Waals surface area contributed by atoms with Gasteiger partial charge in [-0.05, 0) is 30.5 Å². The van der Waals surface area contributed by atoms with E-state index in [9.17, 15) is 9.90 Å². The molecule has 1 fully saturated rings. The Morgan fingerprint density at radius 3 is 2.75 bits per heavy atom. The zero-order valence-corrected chi connectivity index (χ0v) is 11.2. The van der Waals surface area contributed by atoms with Gasteiger partial charge in [0.25, 0.3) is 0 Å². The van der Waals surface area contributed by atoms with Crippen molar-refractivity contribution in [3.8, 4) is 11.3 Å². The molecule has 0 aliphatic heterocycles. The molecule has 0 unspecified atom stereocenters. The van der Waals surface area contributed by atoms with Crippen LogP contribution in [0, 0.1) is 0 Å². The van der Waals surface area contributed by atoms with E-state index in [2.05, 4.69) is 5.10 Å². The van der Waals surface area contributed by atoms with Crippen molar-refractivity contribution in [1.82, 2.24) is 9.78 Å². The Balaban J connectivity index is 1.93. The third-order valence-corrected chi connectivity index (χ3v) is 3.68. The smallest absolute Gasteiger partial charge is 0.356 e. The molecule has 5 nitrogen and oxygen atoms in total. The van der Waals surface area contributed by atoms with Gasteiger partial charge in [-0.15, -0.1) is 0 Å². The largest absolute Gasteiger partial charge is 0.476 e. The molecule has 2 aromatic rings. The van der Waals surface area contributed by atoms with Crippen LogP contribution in [0.3, 0.4) is 0 Å². The van der Waals surface area contributed by atoms with E-state index in [0.717, 1.165) is 29.7 Å². The quantitative estimate of drug-likeness (QED) is 0.890. The van der Waals surface area contributed by atoms with Gasteiger partial charge in [-0.3, -0.25) is 4.68 Å². The van der Waals surface area contributed by atoms with Gasteiger partial charge in [-0.25, -0.2) is 4.79 Å². The Hall–Kier alpha value is -2.14. The molecule has 0 amide bonds. The van der Waals surface area contributed by atoms with Gasteiger partial charge < -0.3 is 10.2 Å². The van der Waals surface area contributed by atoms with Gasteiger partial charge in [0.15, 0.2) is 5.69 Å². The first-order chi connectivity index (χ1) is 9.47. The minimum atomic E-state index is -1.03. The summed E-state index contributed by atoms with van der Waals surface area (Å²) < 4.78 is 1.56. The van der Waals surface area contributed by atoms with Crippen LogP contribution in [0.4, 0.5) is 0 Å². The lowest BCUT2D eigenvalue weighted by Gasteiger charge is -2.09. The first kappa shape index (κ1) is 12.9. The van der Waals surface area contributed by atoms with Crippen LogP contribution in [-0.4, -0.2) is 31.6 Å². The summed E-state index contributed by atoms with van der Waals surface area (Å²) in [6.07, 6.45) is 2.35. The number of rotatable bonds is 4. The van der Waals surface area contributed by atoms with Gasteiger partial charge in [0.1, 0.15) is 0 Å². The van der Waals surface area contributed by atoms with Crippen molar-refractivity contribution in [2.24, 2.45) is 7.05 Å². The Kier molecular flexibility index (Phi) is 2.87. The average Bonchev–Trinajstić information content (AvgIpc) is 2.98. The fourth-order valence-electron chi connectivity index (χ4n) is 2.38. The molecule has 1 saturated carbocycles. The van der Waals surface area contributed by atoms with Crippen molar-refractivity contribution >= 4 is 5.97 Å². The summed E-state index contributed by atoms with van der Waals surface area (Å²) in [5.74, 6) is -1.03. The first-order valence-electron chi connectivity index (χ1n) is 6.56. The molecule has 1 aliphatic rings. The van der Waals surface area contributed by atoms with Crippen LogP contribution in [0.25, 0.3) is 11.3 Å². The third kappa shape index (κ3) is 2.44. The number of carboxylic acid groups (broad SMARTS) is 1. The molecular weight excluding hydrogens is 256 g/mol. The number of carbonyl (C=O) groups is 1. The van der Waals surface area contributed by atoms with Crippen LogP contribution in [0.15, 0.2) is 30.3 Å². The fraction of sp³-hybridized carbons (Fsp3) is 0.333. The number of benzene rings is 1. The molecule has 5 heteroatoms. The highest BCUT2D eigenvalue weighted by molar-refractivity contribution is 5.87. The van der Waals surface area contributed by atoms with E-state index in [1.165, 1.54) is 0 Å². The molecule has 2 N–H and O–H groups in total. The van der Waals surface area contributed by atoms with Crippen molar-refractivity contribution in [3.63, 3.8) is 0 Å². The van der Waals surface area contributed by atoms with E-state index in [0.29, 0.717) is 6.42 Å². The summed E-state index contributed by atoms with van der Waals surface area (Å²) in [5.41, 5.74) is 2.23. The summed E-state index contributed by atoms with van der Waals surface area (Å²) in [4.78, 5) is 11.0. The molecule has 1 heterocycles. The molecule has 0 saturated heterocycles. The number of aromatic nitrogens is 2. The molecule has 0 bridgehead atoms. The number of hydrogen-bond donors (Lipinski definition) is 2. The number of aromatic carboxylic acids is 1. The summed E-state index contributed by atoms with van der Waals surface area (Å²) >= 11 is 0. The van der Waals surface area contributed by atoms with Crippen molar-refractivity contribution in [3.05, 3.63) is 41.6 Å². The number of aryl methyl sites for hydroxylation is 1. The Morgan fingerprint density at radius 1 is 1.40 bits per heavy atom. The molecule has 0 atom stereocenters. The summed E-state index contributed by atoms with van der Waals surface area (Å²) in [7, 11) is 1.73. The van der Waals surface area contributed by atoms with E-state index in [-0.39, 0.29) is 5.69 Å². The molecule has 3 rings (SSSR count). The van der Waals surface area contributed by atoms with Crippen molar-refractivity contribution < 1.29 is 15.0 Å². The fourth-order valence-corrected chi connectivity index (χ4v) is 2.38. The van der Waals surface area contributed by atoms with Gasteiger partial charge in [0, 0.05) is 19.0 Å². The summed E-state index contributed by atoms with van der Waals surface area (Å²) in [5, 5.41) is 22.9. The zero-order valence-electron chi connectivity index (χ0n) is 11.2. The number of aliphatic hydroxyl groups is 1. The number of hydrogen-bond acceptors (Lipinski definition) is 3. The predicted molar refractivity (Wildman–Crippen MR) is 73.5 cm³/mol. The van der Waals surface area contributed by atoms with Crippen LogP contribution in [0.1, 0.15) is 28.9 Å². The molecular formula is C15H16N2O3. The monoisotopic (exact) mass is 272 g/mol. The summed E-state index contributed by atoms with van der Waals surface area (Å²) in [6, 6.07) is 9.37. The maximum atomic E-state index is 11.0. The minimum Gasteiger partial charge on any atom is -0.476 e. The highest BCUT2D eigenvalue weighted by Gasteiger charge is 2.40. The second-order valence-corrected chi connectivity index (χ2v) is 5.45. The normalized spacial score (nSPS) is 16.1. The summed E-state index contributed by atoms with van der Waals surface area (Å²) in [6.45, 7) is 0. The van der Waals surface area contributed by atoms with Crippen LogP contribution >= 0.6 is 0 Å². The third-order valence-electron chi connectivity index (χ3n) is 3.68. The lowest BCUT2D eigenvalue weighted by molar-refractivity contribution is 0.0689. The molecule has 1 aromatic heterocycles. The van der Waals surface area contributed by atoms with Crippen LogP contribution < -0.4 is 0 Å². The molecule has 1 aliphatic carbocycles. The number of nitrogens with zero attached hydrogens (tertiary/aromatic N) is 2. The highest BCUT2D eigenvalue weighted by Crippen LogP contribution is 2.38. The van der Waals surface area contributed by atoms with E-state index >= 15 is 0 Å². The molecule has 0 spiro atoms. The predicted octanol–water partition coefficient (Wildman–Crippen LogP) is 1.85. The zero-order chi connectivity index (χ0) is 14.3. The van der Waals surface area contributed by atoms with Gasteiger partial charge >= 0.3 is 5.97 Å². The van der Waals surface area contributed by atoms with Crippen LogP contribution in [-0.2, 0) is 13.5 Å². The Bertz CT molecular complexity index is 672. The topological polar surface area (TPSA) is 75.4 Å². The van der Waals surface area contributed by atoms with E-state index < -0.39 is 11.6 Å². The maximum Gasteiger partial charge on any atom is 0.356 e. The molecule has 20 heavy (non-hydrogen) atoms. The lowest BCUT2D eigenvalue weighted by Crippen LogP contribution is -2.10. The van der Waals surface area contributed by atoms with E-state index in [1.54, 1.807) is 17.8 Å². The molecule has 1 aromatic carbocycles. The van der Waals surface area contributed by atoms with E-state index in [1.807, 2.05) is 24.3 Å². The minimum absolute atomic E-state index is 0.0359. The van der Waals surface area contributed by atoms with Crippen LogP contribution in [0.2, 0.25) is 0 Å². The van der Waals surface area contributed by atoms with E-state index in [4.69, 9.17) is 5.11 Å². The standard InChI is InChI=1S/C15H16N2O3/c1-17-13(8-12(16-17)14(18)19)11-4-2-3-10(7-11)9-15(20)5-6-15/h2-4,7-8,20H,5-6,9H2,1H3,(H,18,19). The average molecular weight is 272 g/mol. The molecule has 0 radical (unpaired) electrons. The highest BCUT2D eigenvalue weighted by atomic mass is 16.4. The number of carboxylic acids is 1. The van der Waals surface area contributed by atoms with Crippen LogP contribution in [0.5, 0.6) is 0 Å². The second kappa shape index (κ2) is 4.45. The lowest BCUT2D eigenvalue weighted by atomic mass is 10.0. The van der Waals surface area contributed by atoms with Crippen molar-refractivity contribution in [2.75, 3.05) is 0 Å². The van der Waals surface area contributed by atoms with Gasteiger partial charge in [0.2, 0.25) is 0 Å². The van der Waals surface area contributed by atoms with Crippen molar-refractivity contribution in [1.29, 1.82) is 0 Å². The Labute approximate surface area is 116 Å². The second-order valence-electron chi connectivity index (χ2n) is 5.45.